The minimum Gasteiger partial charge on any atom is -0.478 e. The number of allylic oxidation sites excluding steroid dienone is 1. The molecule has 1 N–H and O–H groups in total. The summed E-state index contributed by atoms with van der Waals surface area (Å²) in [4.78, 5) is 24.8. The van der Waals surface area contributed by atoms with Crippen molar-refractivity contribution < 1.29 is 14.7 Å². The van der Waals surface area contributed by atoms with Gasteiger partial charge in [-0.25, -0.2) is 4.79 Å². The van der Waals surface area contributed by atoms with Crippen LogP contribution in [-0.4, -0.2) is 35.5 Å². The van der Waals surface area contributed by atoms with Crippen LogP contribution in [0.2, 0.25) is 0 Å². The van der Waals surface area contributed by atoms with E-state index >= 15 is 0 Å². The fourth-order valence-corrected chi connectivity index (χ4v) is 3.02. The van der Waals surface area contributed by atoms with Crippen molar-refractivity contribution in [1.82, 2.24) is 4.90 Å². The maximum Gasteiger partial charge on any atom is 0.328 e. The van der Waals surface area contributed by atoms with Crippen molar-refractivity contribution in [2.24, 2.45) is 11.8 Å². The van der Waals surface area contributed by atoms with Gasteiger partial charge in [-0.1, -0.05) is 12.0 Å². The van der Waals surface area contributed by atoms with Crippen LogP contribution in [-0.2, 0) is 9.59 Å². The Balaban J connectivity index is 1.79. The second kappa shape index (κ2) is 6.22. The van der Waals surface area contributed by atoms with Gasteiger partial charge in [0.2, 0.25) is 5.91 Å². The van der Waals surface area contributed by atoms with Gasteiger partial charge in [0.25, 0.3) is 0 Å². The van der Waals surface area contributed by atoms with E-state index in [1.54, 1.807) is 0 Å². The third-order valence-electron chi connectivity index (χ3n) is 4.44. The molecule has 2 aliphatic carbocycles. The average molecular weight is 265 g/mol. The zero-order valence-electron chi connectivity index (χ0n) is 11.6. The fraction of sp³-hybridized carbons (Fsp3) is 0.733. The topological polar surface area (TPSA) is 57.6 Å². The molecule has 4 nitrogen and oxygen atoms in total. The number of carboxylic acid groups (broad SMARTS) is 1. The lowest BCUT2D eigenvalue weighted by Crippen LogP contribution is -2.38. The van der Waals surface area contributed by atoms with Crippen LogP contribution in [0.3, 0.4) is 0 Å². The number of carboxylic acids is 1. The van der Waals surface area contributed by atoms with Crippen molar-refractivity contribution in [3.8, 4) is 0 Å². The molecule has 0 aromatic heterocycles. The predicted octanol–water partition coefficient (Wildman–Crippen LogP) is 2.45. The molecule has 2 aliphatic rings. The third-order valence-corrected chi connectivity index (χ3v) is 4.44. The van der Waals surface area contributed by atoms with Crippen molar-refractivity contribution in [2.75, 3.05) is 13.6 Å². The van der Waals surface area contributed by atoms with Crippen molar-refractivity contribution in [2.45, 2.75) is 44.9 Å². The van der Waals surface area contributed by atoms with Crippen LogP contribution in [0.5, 0.6) is 0 Å². The fourth-order valence-electron chi connectivity index (χ4n) is 3.02. The highest BCUT2D eigenvalue weighted by molar-refractivity contribution is 5.81. The first-order valence-electron chi connectivity index (χ1n) is 7.23. The summed E-state index contributed by atoms with van der Waals surface area (Å²) in [5.41, 5.74) is 0.971. The lowest BCUT2D eigenvalue weighted by Gasteiger charge is -2.33. The number of carbonyl (C=O) groups excluding carboxylic acids is 1. The van der Waals surface area contributed by atoms with Crippen LogP contribution in [0.15, 0.2) is 11.6 Å². The van der Waals surface area contributed by atoms with Crippen LogP contribution >= 0.6 is 0 Å². The summed E-state index contributed by atoms with van der Waals surface area (Å²) in [5.74, 6) is 0.180. The third kappa shape index (κ3) is 3.82. The quantitative estimate of drug-likeness (QED) is 0.794. The lowest BCUT2D eigenvalue weighted by molar-refractivity contribution is -0.135. The van der Waals surface area contributed by atoms with Crippen molar-refractivity contribution >= 4 is 11.9 Å². The molecule has 0 aromatic carbocycles. The minimum absolute atomic E-state index is 0.0935. The molecule has 0 atom stereocenters. The van der Waals surface area contributed by atoms with Gasteiger partial charge in [0, 0.05) is 25.6 Å². The normalized spacial score (nSPS) is 23.6. The Kier molecular flexibility index (Phi) is 4.61. The molecule has 19 heavy (non-hydrogen) atoms. The first-order valence-corrected chi connectivity index (χ1v) is 7.23. The summed E-state index contributed by atoms with van der Waals surface area (Å²) in [6.45, 7) is 0.896. The molecule has 0 bridgehead atoms. The number of aliphatic carboxylic acids is 1. The van der Waals surface area contributed by atoms with Crippen LogP contribution in [0.1, 0.15) is 44.9 Å². The predicted molar refractivity (Wildman–Crippen MR) is 72.7 cm³/mol. The van der Waals surface area contributed by atoms with Gasteiger partial charge in [-0.15, -0.1) is 0 Å². The van der Waals surface area contributed by atoms with Gasteiger partial charge >= 0.3 is 5.97 Å². The highest BCUT2D eigenvalue weighted by Crippen LogP contribution is 2.31. The molecule has 1 amide bonds. The van der Waals surface area contributed by atoms with E-state index in [1.807, 2.05) is 11.9 Å². The SMILES string of the molecule is CN(CC1CCC1)C(=O)C1CCC(=CC(=O)O)CC1. The molecule has 0 spiro atoms. The summed E-state index contributed by atoms with van der Waals surface area (Å²) < 4.78 is 0. The van der Waals surface area contributed by atoms with E-state index in [-0.39, 0.29) is 11.8 Å². The van der Waals surface area contributed by atoms with Crippen molar-refractivity contribution in [1.29, 1.82) is 0 Å². The number of rotatable bonds is 4. The molecule has 4 heteroatoms. The molecule has 0 aromatic rings. The zero-order valence-corrected chi connectivity index (χ0v) is 11.6. The zero-order chi connectivity index (χ0) is 13.8. The van der Waals surface area contributed by atoms with E-state index in [1.165, 1.54) is 25.3 Å². The Morgan fingerprint density at radius 1 is 1.26 bits per heavy atom. The first kappa shape index (κ1) is 14.1. The second-order valence-corrected chi connectivity index (χ2v) is 5.93. The Morgan fingerprint density at radius 3 is 2.37 bits per heavy atom. The first-order chi connectivity index (χ1) is 9.06. The maximum absolute atomic E-state index is 12.3. The van der Waals surface area contributed by atoms with Crippen LogP contribution in [0.25, 0.3) is 0 Å². The molecule has 0 aliphatic heterocycles. The van der Waals surface area contributed by atoms with Gasteiger partial charge in [-0.3, -0.25) is 4.79 Å². The summed E-state index contributed by atoms with van der Waals surface area (Å²) in [5, 5.41) is 8.71. The van der Waals surface area contributed by atoms with E-state index in [4.69, 9.17) is 5.11 Å². The summed E-state index contributed by atoms with van der Waals surface area (Å²) in [6, 6.07) is 0. The molecule has 2 saturated carbocycles. The number of nitrogens with zero attached hydrogens (tertiary/aromatic N) is 1. The molecule has 0 saturated heterocycles. The molecule has 0 radical (unpaired) electrons. The second-order valence-electron chi connectivity index (χ2n) is 5.93. The summed E-state index contributed by atoms with van der Waals surface area (Å²) in [6.07, 6.45) is 8.22. The molecule has 0 unspecified atom stereocenters. The van der Waals surface area contributed by atoms with Crippen LogP contribution in [0, 0.1) is 11.8 Å². The Bertz CT molecular complexity index is 375. The molecular weight excluding hydrogens is 242 g/mol. The Labute approximate surface area is 114 Å². The minimum atomic E-state index is -0.873. The standard InChI is InChI=1S/C15H23NO3/c1-16(10-12-3-2-4-12)15(19)13-7-5-11(6-8-13)9-14(17)18/h9,12-13H,2-8,10H2,1H3,(H,17,18). The van der Waals surface area contributed by atoms with E-state index in [2.05, 4.69) is 0 Å². The van der Waals surface area contributed by atoms with E-state index in [0.29, 0.717) is 5.92 Å². The number of carbonyl (C=O) groups is 2. The number of hydrogen-bond acceptors (Lipinski definition) is 2. The smallest absolute Gasteiger partial charge is 0.328 e. The molecule has 2 fully saturated rings. The van der Waals surface area contributed by atoms with E-state index < -0.39 is 5.97 Å². The van der Waals surface area contributed by atoms with Gasteiger partial charge < -0.3 is 10.0 Å². The van der Waals surface area contributed by atoms with Crippen LogP contribution in [0.4, 0.5) is 0 Å². The van der Waals surface area contributed by atoms with Crippen molar-refractivity contribution in [3.05, 3.63) is 11.6 Å². The number of hydrogen-bond donors (Lipinski definition) is 1. The highest BCUT2D eigenvalue weighted by atomic mass is 16.4. The van der Waals surface area contributed by atoms with Gasteiger partial charge in [0.1, 0.15) is 0 Å². The molecule has 2 rings (SSSR count). The van der Waals surface area contributed by atoms with Gasteiger partial charge in [0.05, 0.1) is 0 Å². The lowest BCUT2D eigenvalue weighted by atomic mass is 9.83. The Morgan fingerprint density at radius 2 is 1.89 bits per heavy atom. The van der Waals surface area contributed by atoms with Gasteiger partial charge in [0.15, 0.2) is 0 Å². The molecule has 106 valence electrons. The van der Waals surface area contributed by atoms with E-state index in [0.717, 1.165) is 37.8 Å². The maximum atomic E-state index is 12.3. The van der Waals surface area contributed by atoms with Gasteiger partial charge in [-0.05, 0) is 44.4 Å². The largest absolute Gasteiger partial charge is 0.478 e. The van der Waals surface area contributed by atoms with Crippen LogP contribution < -0.4 is 0 Å². The molecular formula is C15H23NO3. The van der Waals surface area contributed by atoms with Crippen molar-refractivity contribution in [3.63, 3.8) is 0 Å². The van der Waals surface area contributed by atoms with Gasteiger partial charge in [-0.2, -0.15) is 0 Å². The monoisotopic (exact) mass is 265 g/mol. The number of amides is 1. The summed E-state index contributed by atoms with van der Waals surface area (Å²) >= 11 is 0. The average Bonchev–Trinajstić information content (AvgIpc) is 2.33. The molecule has 0 heterocycles. The highest BCUT2D eigenvalue weighted by Gasteiger charge is 2.28. The van der Waals surface area contributed by atoms with E-state index in [9.17, 15) is 9.59 Å². The Hall–Kier alpha value is -1.32. The summed E-state index contributed by atoms with van der Waals surface area (Å²) in [7, 11) is 1.91.